The van der Waals surface area contributed by atoms with Crippen LogP contribution < -0.4 is 18.9 Å². The van der Waals surface area contributed by atoms with Gasteiger partial charge in [0.25, 0.3) is 15.9 Å². The Balaban J connectivity index is 1.82. The molecule has 1 aromatic carbocycles. The second-order valence-electron chi connectivity index (χ2n) is 5.09. The molecule has 0 saturated heterocycles. The first-order valence-corrected chi connectivity index (χ1v) is 9.09. The number of ether oxygens (including phenoxy) is 4. The lowest BCUT2D eigenvalue weighted by atomic mass is 10.3. The van der Waals surface area contributed by atoms with E-state index in [0.29, 0.717) is 25.6 Å². The molecule has 1 aliphatic heterocycles. The molecule has 0 unspecified atom stereocenters. The second-order valence-corrected chi connectivity index (χ2v) is 6.74. The van der Waals surface area contributed by atoms with Gasteiger partial charge in [-0.1, -0.05) is 12.1 Å². The van der Waals surface area contributed by atoms with Crippen LogP contribution in [0.3, 0.4) is 0 Å². The maximum atomic E-state index is 12.7. The Labute approximate surface area is 145 Å². The van der Waals surface area contributed by atoms with Crippen LogP contribution in [0.2, 0.25) is 0 Å². The van der Waals surface area contributed by atoms with Crippen molar-refractivity contribution in [1.82, 2.24) is 4.98 Å². The van der Waals surface area contributed by atoms with Crippen LogP contribution in [0, 0.1) is 0 Å². The Morgan fingerprint density at radius 3 is 2.76 bits per heavy atom. The third-order valence-electron chi connectivity index (χ3n) is 3.33. The number of fused-ring (bicyclic) bond motifs is 1. The highest BCUT2D eigenvalue weighted by Gasteiger charge is 2.21. The van der Waals surface area contributed by atoms with Gasteiger partial charge in [0.2, 0.25) is 0 Å². The average molecular weight is 366 g/mol. The maximum absolute atomic E-state index is 12.7. The van der Waals surface area contributed by atoms with Gasteiger partial charge in [-0.05, 0) is 24.3 Å². The number of anilines is 1. The normalized spacial score (nSPS) is 13.3. The molecule has 0 amide bonds. The van der Waals surface area contributed by atoms with E-state index < -0.39 is 10.0 Å². The molecule has 0 bridgehead atoms. The SMILES string of the molecule is COCCOc1ccccc1S(=O)(=O)Nc1ccc2c(n1)OCCO2. The quantitative estimate of drug-likeness (QED) is 0.745. The molecular formula is C16H18N2O6S. The van der Waals surface area contributed by atoms with Crippen molar-refractivity contribution in [3.05, 3.63) is 36.4 Å². The first-order chi connectivity index (χ1) is 12.1. The third kappa shape index (κ3) is 4.12. The van der Waals surface area contributed by atoms with E-state index in [1.807, 2.05) is 0 Å². The lowest BCUT2D eigenvalue weighted by Crippen LogP contribution is -2.19. The number of hydrogen-bond acceptors (Lipinski definition) is 7. The van der Waals surface area contributed by atoms with Gasteiger partial charge < -0.3 is 18.9 Å². The predicted octanol–water partition coefficient (Wildman–Crippen LogP) is 1.68. The van der Waals surface area contributed by atoms with Gasteiger partial charge in [-0.3, -0.25) is 4.72 Å². The second kappa shape index (κ2) is 7.58. The van der Waals surface area contributed by atoms with Crippen molar-refractivity contribution in [1.29, 1.82) is 0 Å². The average Bonchev–Trinajstić information content (AvgIpc) is 2.62. The fraction of sp³-hybridized carbons (Fsp3) is 0.312. The number of pyridine rings is 1. The Bertz CT molecular complexity index is 840. The molecule has 0 aliphatic carbocycles. The minimum absolute atomic E-state index is 0.0165. The summed E-state index contributed by atoms with van der Waals surface area (Å²) < 4.78 is 48.9. The zero-order chi connectivity index (χ0) is 17.7. The first-order valence-electron chi connectivity index (χ1n) is 7.60. The number of methoxy groups -OCH3 is 1. The number of rotatable bonds is 7. The number of benzene rings is 1. The minimum atomic E-state index is -3.88. The van der Waals surface area contributed by atoms with E-state index in [1.165, 1.54) is 12.1 Å². The van der Waals surface area contributed by atoms with Crippen molar-refractivity contribution in [2.45, 2.75) is 4.90 Å². The molecule has 0 saturated carbocycles. The van der Waals surface area contributed by atoms with Crippen LogP contribution in [0.1, 0.15) is 0 Å². The van der Waals surface area contributed by atoms with E-state index in [2.05, 4.69) is 9.71 Å². The first kappa shape index (κ1) is 17.3. The van der Waals surface area contributed by atoms with E-state index >= 15 is 0 Å². The van der Waals surface area contributed by atoms with Gasteiger partial charge in [-0.25, -0.2) is 8.42 Å². The summed E-state index contributed by atoms with van der Waals surface area (Å²) in [4.78, 5) is 4.15. The van der Waals surface area contributed by atoms with Crippen LogP contribution in [0.5, 0.6) is 17.4 Å². The molecule has 3 rings (SSSR count). The van der Waals surface area contributed by atoms with Gasteiger partial charge in [-0.2, -0.15) is 4.98 Å². The summed E-state index contributed by atoms with van der Waals surface area (Å²) in [5.74, 6) is 1.12. The molecule has 0 fully saturated rings. The lowest BCUT2D eigenvalue weighted by Gasteiger charge is -2.18. The summed E-state index contributed by atoms with van der Waals surface area (Å²) in [6.07, 6.45) is 0. The largest absolute Gasteiger partial charge is 0.490 e. The molecule has 134 valence electrons. The summed E-state index contributed by atoms with van der Waals surface area (Å²) in [5.41, 5.74) is 0. The molecule has 1 aliphatic rings. The van der Waals surface area contributed by atoms with Crippen LogP contribution in [-0.2, 0) is 14.8 Å². The van der Waals surface area contributed by atoms with Crippen molar-refractivity contribution in [2.24, 2.45) is 0 Å². The molecule has 0 spiro atoms. The van der Waals surface area contributed by atoms with Crippen LogP contribution in [0.15, 0.2) is 41.3 Å². The van der Waals surface area contributed by atoms with Crippen LogP contribution >= 0.6 is 0 Å². The van der Waals surface area contributed by atoms with Gasteiger partial charge in [-0.15, -0.1) is 0 Å². The van der Waals surface area contributed by atoms with E-state index in [1.54, 1.807) is 31.4 Å². The highest BCUT2D eigenvalue weighted by atomic mass is 32.2. The van der Waals surface area contributed by atoms with Crippen molar-refractivity contribution < 1.29 is 27.4 Å². The molecule has 8 nitrogen and oxygen atoms in total. The van der Waals surface area contributed by atoms with Gasteiger partial charge in [0.15, 0.2) is 5.75 Å². The highest BCUT2D eigenvalue weighted by molar-refractivity contribution is 7.92. The number of nitrogens with one attached hydrogen (secondary N) is 1. The molecular weight excluding hydrogens is 348 g/mol. The summed E-state index contributed by atoms with van der Waals surface area (Å²) in [6, 6.07) is 9.49. The van der Waals surface area contributed by atoms with Crippen LogP contribution in [0.4, 0.5) is 5.82 Å². The van der Waals surface area contributed by atoms with Gasteiger partial charge in [0.1, 0.15) is 36.3 Å². The smallest absolute Gasteiger partial charge is 0.266 e. The monoisotopic (exact) mass is 366 g/mol. The van der Waals surface area contributed by atoms with E-state index in [4.69, 9.17) is 18.9 Å². The number of hydrogen-bond donors (Lipinski definition) is 1. The summed E-state index contributed by atoms with van der Waals surface area (Å²) in [5, 5.41) is 0. The minimum Gasteiger partial charge on any atom is -0.490 e. The summed E-state index contributed by atoms with van der Waals surface area (Å²) in [7, 11) is -2.34. The molecule has 0 radical (unpaired) electrons. The molecule has 25 heavy (non-hydrogen) atoms. The van der Waals surface area contributed by atoms with Gasteiger partial charge >= 0.3 is 0 Å². The topological polar surface area (TPSA) is 96.0 Å². The van der Waals surface area contributed by atoms with Crippen LogP contribution in [-0.4, -0.2) is 46.9 Å². The molecule has 1 N–H and O–H groups in total. The maximum Gasteiger partial charge on any atom is 0.266 e. The fourth-order valence-electron chi connectivity index (χ4n) is 2.21. The van der Waals surface area contributed by atoms with Gasteiger partial charge in [0.05, 0.1) is 6.61 Å². The Hall–Kier alpha value is -2.52. The Morgan fingerprint density at radius 1 is 1.12 bits per heavy atom. The number of para-hydroxylation sites is 1. The van der Waals surface area contributed by atoms with Crippen molar-refractivity contribution in [3.63, 3.8) is 0 Å². The molecule has 1 aromatic heterocycles. The summed E-state index contributed by atoms with van der Waals surface area (Å²) >= 11 is 0. The number of aromatic nitrogens is 1. The van der Waals surface area contributed by atoms with Crippen molar-refractivity contribution in [2.75, 3.05) is 38.3 Å². The van der Waals surface area contributed by atoms with Crippen molar-refractivity contribution >= 4 is 15.8 Å². The van der Waals surface area contributed by atoms with E-state index in [0.717, 1.165) is 0 Å². The molecule has 9 heteroatoms. The zero-order valence-corrected chi connectivity index (χ0v) is 14.4. The number of nitrogens with zero attached hydrogens (tertiary/aromatic N) is 1. The Morgan fingerprint density at radius 2 is 1.92 bits per heavy atom. The Kier molecular flexibility index (Phi) is 5.25. The lowest BCUT2D eigenvalue weighted by molar-refractivity contribution is 0.144. The standard InChI is InChI=1S/C16H18N2O6S/c1-21-8-9-22-12-4-2-3-5-14(12)25(19,20)18-15-7-6-13-16(17-15)24-11-10-23-13/h2-7H,8-11H2,1H3,(H,17,18). The number of sulfonamides is 1. The van der Waals surface area contributed by atoms with Crippen molar-refractivity contribution in [3.8, 4) is 17.4 Å². The predicted molar refractivity (Wildman–Crippen MR) is 89.8 cm³/mol. The summed E-state index contributed by atoms with van der Waals surface area (Å²) in [6.45, 7) is 1.40. The molecule has 0 atom stereocenters. The van der Waals surface area contributed by atoms with E-state index in [-0.39, 0.29) is 28.9 Å². The zero-order valence-electron chi connectivity index (χ0n) is 13.6. The van der Waals surface area contributed by atoms with Gasteiger partial charge in [0, 0.05) is 7.11 Å². The fourth-order valence-corrected chi connectivity index (χ4v) is 3.36. The molecule has 2 heterocycles. The third-order valence-corrected chi connectivity index (χ3v) is 4.72. The molecule has 2 aromatic rings. The highest BCUT2D eigenvalue weighted by Crippen LogP contribution is 2.31. The van der Waals surface area contributed by atoms with E-state index in [9.17, 15) is 8.42 Å². The van der Waals surface area contributed by atoms with Crippen LogP contribution in [0.25, 0.3) is 0 Å².